The highest BCUT2D eigenvalue weighted by Crippen LogP contribution is 2.64. The van der Waals surface area contributed by atoms with Gasteiger partial charge in [0.1, 0.15) is 0 Å². The Morgan fingerprint density at radius 3 is 2.49 bits per heavy atom. The van der Waals surface area contributed by atoms with E-state index in [0.717, 1.165) is 44.6 Å². The fourth-order valence-electron chi connectivity index (χ4n) is 8.63. The van der Waals surface area contributed by atoms with Crippen LogP contribution in [-0.4, -0.2) is 23.7 Å². The van der Waals surface area contributed by atoms with E-state index in [2.05, 4.69) is 63.3 Å². The molecule has 37 heavy (non-hydrogen) atoms. The average molecular weight is 508 g/mol. The molecule has 2 unspecified atom stereocenters. The van der Waals surface area contributed by atoms with E-state index in [-0.39, 0.29) is 17.4 Å². The highest BCUT2D eigenvalue weighted by molar-refractivity contribution is 5.75. The largest absolute Gasteiger partial charge is 0.393 e. The zero-order chi connectivity index (χ0) is 26.5. The number of aliphatic hydroxyl groups excluding tert-OH is 1. The molecule has 1 amide bonds. The molecule has 1 aromatic carbocycles. The summed E-state index contributed by atoms with van der Waals surface area (Å²) >= 11 is 0. The quantitative estimate of drug-likeness (QED) is 0.235. The predicted molar refractivity (Wildman–Crippen MR) is 154 cm³/mol. The van der Waals surface area contributed by atoms with Crippen LogP contribution in [0.1, 0.15) is 117 Å². The molecule has 1 aromatic rings. The number of fused-ring (bicyclic) bond motifs is 3. The molecule has 0 aromatic heterocycles. The van der Waals surface area contributed by atoms with E-state index in [1.807, 2.05) is 0 Å². The summed E-state index contributed by atoms with van der Waals surface area (Å²) in [6, 6.07) is 10.7. The maximum Gasteiger partial charge on any atom is 0.220 e. The Morgan fingerprint density at radius 1 is 0.946 bits per heavy atom. The molecule has 2 fully saturated rings. The van der Waals surface area contributed by atoms with Gasteiger partial charge >= 0.3 is 0 Å². The molecular weight excluding hydrogens is 454 g/mol. The summed E-state index contributed by atoms with van der Waals surface area (Å²) in [6.07, 6.45) is 15.6. The van der Waals surface area contributed by atoms with Crippen molar-refractivity contribution in [3.63, 3.8) is 0 Å². The second kappa shape index (κ2) is 12.5. The number of hydrogen-bond acceptors (Lipinski definition) is 2. The number of hydrogen-bond donors (Lipinski definition) is 2. The monoisotopic (exact) mass is 507 g/mol. The Kier molecular flexibility index (Phi) is 9.59. The number of amides is 1. The van der Waals surface area contributed by atoms with E-state index < -0.39 is 0 Å². The molecule has 2 N–H and O–H groups in total. The van der Waals surface area contributed by atoms with Crippen LogP contribution in [0.2, 0.25) is 0 Å². The minimum Gasteiger partial charge on any atom is -0.393 e. The van der Waals surface area contributed by atoms with Gasteiger partial charge < -0.3 is 10.4 Å². The molecule has 3 heteroatoms. The number of rotatable bonds is 11. The van der Waals surface area contributed by atoms with Gasteiger partial charge in [0.05, 0.1) is 6.10 Å². The fourth-order valence-corrected chi connectivity index (χ4v) is 8.63. The highest BCUT2D eigenvalue weighted by atomic mass is 16.3. The summed E-state index contributed by atoms with van der Waals surface area (Å²) in [6.45, 7) is 10.3. The molecule has 4 rings (SSSR count). The first kappa shape index (κ1) is 28.4. The molecule has 0 aliphatic heterocycles. The van der Waals surface area contributed by atoms with Gasteiger partial charge in [-0.05, 0) is 112 Å². The van der Waals surface area contributed by atoms with Crippen LogP contribution in [0.25, 0.3) is 0 Å². The van der Waals surface area contributed by atoms with E-state index in [0.29, 0.717) is 23.7 Å². The van der Waals surface area contributed by atoms with E-state index in [4.69, 9.17) is 0 Å². The van der Waals surface area contributed by atoms with E-state index in [1.165, 1.54) is 56.9 Å². The number of nitrogens with one attached hydrogen (secondary N) is 1. The SMILES string of the molecule is CC1=C(CCCC(=O)NCCCCCCc2ccccc2)C2CCC3C(C)(C)[C@@H](O)CC[C@]3(C)[C@H]2CC1. The van der Waals surface area contributed by atoms with E-state index in [1.54, 1.807) is 11.1 Å². The Morgan fingerprint density at radius 2 is 1.70 bits per heavy atom. The standard InChI is InChI=1S/C34H53NO2/c1-25-18-20-29-28(19-21-30-33(2,3)31(36)22-23-34(29,30)4)27(25)16-12-17-32(37)35-24-11-6-5-8-13-26-14-9-7-10-15-26/h7,9-10,14-15,28-31,36H,5-6,8,11-13,16-24H2,1-4H3,(H,35,37)/t28?,29-,30?,31-,34+/m0/s1. The van der Waals surface area contributed by atoms with E-state index >= 15 is 0 Å². The maximum atomic E-state index is 12.5. The lowest BCUT2D eigenvalue weighted by Crippen LogP contribution is -2.56. The van der Waals surface area contributed by atoms with Gasteiger partial charge in [-0.15, -0.1) is 0 Å². The first-order valence-electron chi connectivity index (χ1n) is 15.4. The van der Waals surface area contributed by atoms with Crippen LogP contribution in [0.3, 0.4) is 0 Å². The Hall–Kier alpha value is -1.61. The lowest BCUT2D eigenvalue weighted by Gasteiger charge is -2.62. The zero-order valence-corrected chi connectivity index (χ0v) is 24.2. The smallest absolute Gasteiger partial charge is 0.220 e. The van der Waals surface area contributed by atoms with Crippen LogP contribution < -0.4 is 5.32 Å². The molecule has 2 saturated carbocycles. The maximum absolute atomic E-state index is 12.5. The first-order chi connectivity index (χ1) is 17.7. The van der Waals surface area contributed by atoms with Gasteiger partial charge in [-0.1, -0.05) is 75.1 Å². The fraction of sp³-hybridized carbons (Fsp3) is 0.735. The van der Waals surface area contributed by atoms with Crippen LogP contribution in [0.5, 0.6) is 0 Å². The summed E-state index contributed by atoms with van der Waals surface area (Å²) < 4.78 is 0. The molecule has 0 saturated heterocycles. The van der Waals surface area contributed by atoms with Crippen LogP contribution in [0.4, 0.5) is 0 Å². The van der Waals surface area contributed by atoms with Crippen molar-refractivity contribution in [3.05, 3.63) is 47.0 Å². The van der Waals surface area contributed by atoms with Crippen LogP contribution in [0, 0.1) is 28.6 Å². The second-order valence-electron chi connectivity index (χ2n) is 13.4. The first-order valence-corrected chi connectivity index (χ1v) is 15.4. The summed E-state index contributed by atoms with van der Waals surface area (Å²) in [7, 11) is 0. The van der Waals surface area contributed by atoms with Gasteiger partial charge in [-0.2, -0.15) is 0 Å². The Balaban J connectivity index is 1.17. The Labute approximate surface area is 226 Å². The van der Waals surface area contributed by atoms with Crippen molar-refractivity contribution in [2.75, 3.05) is 6.54 Å². The normalized spacial score (nSPS) is 30.9. The molecule has 3 aliphatic carbocycles. The van der Waals surface area contributed by atoms with Crippen molar-refractivity contribution in [3.8, 4) is 0 Å². The summed E-state index contributed by atoms with van der Waals surface area (Å²) in [5.74, 6) is 2.29. The Bertz CT molecular complexity index is 919. The van der Waals surface area contributed by atoms with E-state index in [9.17, 15) is 9.90 Å². The van der Waals surface area contributed by atoms with Crippen molar-refractivity contribution < 1.29 is 9.90 Å². The summed E-state index contributed by atoms with van der Waals surface area (Å²) in [4.78, 5) is 12.5. The van der Waals surface area contributed by atoms with Crippen LogP contribution >= 0.6 is 0 Å². The molecule has 0 spiro atoms. The molecule has 0 heterocycles. The second-order valence-corrected chi connectivity index (χ2v) is 13.4. The minimum atomic E-state index is -0.157. The predicted octanol–water partition coefficient (Wildman–Crippen LogP) is 8.02. The molecule has 206 valence electrons. The summed E-state index contributed by atoms with van der Waals surface area (Å²) in [5, 5.41) is 13.9. The third-order valence-corrected chi connectivity index (χ3v) is 10.8. The lowest BCUT2D eigenvalue weighted by atomic mass is 9.43. The third kappa shape index (κ3) is 6.52. The van der Waals surface area contributed by atoms with Gasteiger partial charge in [0.2, 0.25) is 5.91 Å². The van der Waals surface area contributed by atoms with Gasteiger partial charge in [-0.3, -0.25) is 4.79 Å². The molecule has 3 nitrogen and oxygen atoms in total. The van der Waals surface area contributed by atoms with Gasteiger partial charge in [-0.25, -0.2) is 0 Å². The molecule has 0 radical (unpaired) electrons. The zero-order valence-electron chi connectivity index (χ0n) is 24.2. The van der Waals surface area contributed by atoms with Crippen molar-refractivity contribution in [1.82, 2.24) is 5.32 Å². The molecule has 3 aliphatic rings. The van der Waals surface area contributed by atoms with Gasteiger partial charge in [0.25, 0.3) is 0 Å². The number of carbonyl (C=O) groups excluding carboxylic acids is 1. The highest BCUT2D eigenvalue weighted by Gasteiger charge is 2.58. The van der Waals surface area contributed by atoms with Crippen molar-refractivity contribution in [2.24, 2.45) is 28.6 Å². The van der Waals surface area contributed by atoms with Gasteiger partial charge in [0.15, 0.2) is 0 Å². The van der Waals surface area contributed by atoms with Crippen molar-refractivity contribution >= 4 is 5.91 Å². The number of carbonyl (C=O) groups is 1. The van der Waals surface area contributed by atoms with Crippen LogP contribution in [0.15, 0.2) is 41.5 Å². The number of aryl methyl sites for hydroxylation is 1. The summed E-state index contributed by atoms with van der Waals surface area (Å²) in [5.41, 5.74) is 5.08. The topological polar surface area (TPSA) is 49.3 Å². The molecule has 0 bridgehead atoms. The number of aliphatic hydroxyl groups is 1. The number of unbranched alkanes of at least 4 members (excludes halogenated alkanes) is 3. The van der Waals surface area contributed by atoms with Crippen LogP contribution in [-0.2, 0) is 11.2 Å². The molecule has 5 atom stereocenters. The molecular formula is C34H53NO2. The van der Waals surface area contributed by atoms with Crippen molar-refractivity contribution in [1.29, 1.82) is 0 Å². The van der Waals surface area contributed by atoms with Crippen molar-refractivity contribution in [2.45, 2.75) is 124 Å². The minimum absolute atomic E-state index is 0.0221. The van der Waals surface area contributed by atoms with Gasteiger partial charge in [0, 0.05) is 13.0 Å². The average Bonchev–Trinajstić information content (AvgIpc) is 2.88. The third-order valence-electron chi connectivity index (χ3n) is 10.8. The number of allylic oxidation sites excluding steroid dienone is 2. The number of benzene rings is 1. The lowest BCUT2D eigenvalue weighted by molar-refractivity contribution is -0.149.